The largest absolute Gasteiger partial charge is 0.478 e. The molecule has 0 spiro atoms. The maximum Gasteiger partial charge on any atom is 0.335 e. The molecule has 0 aromatic heterocycles. The molecular formula is C16H10O4. The van der Waals surface area contributed by atoms with Gasteiger partial charge < -0.3 is 5.11 Å². The first kappa shape index (κ1) is 12.3. The van der Waals surface area contributed by atoms with Crippen LogP contribution in [0.4, 0.5) is 0 Å². The lowest BCUT2D eigenvalue weighted by molar-refractivity contribution is 0.0696. The smallest absolute Gasteiger partial charge is 0.335 e. The third-order valence-corrected chi connectivity index (χ3v) is 3.45. The maximum atomic E-state index is 12.4. The fourth-order valence-electron chi connectivity index (χ4n) is 2.47. The molecule has 0 bridgehead atoms. The van der Waals surface area contributed by atoms with E-state index in [1.54, 1.807) is 24.3 Å². The number of fused-ring (bicyclic) bond motifs is 1. The van der Waals surface area contributed by atoms with E-state index in [1.807, 2.05) is 6.07 Å². The van der Waals surface area contributed by atoms with Gasteiger partial charge in [-0.25, -0.2) is 4.79 Å². The van der Waals surface area contributed by atoms with E-state index in [2.05, 4.69) is 0 Å². The second-order valence-electron chi connectivity index (χ2n) is 4.64. The molecule has 98 valence electrons. The van der Waals surface area contributed by atoms with Crippen molar-refractivity contribution in [2.75, 3.05) is 0 Å². The van der Waals surface area contributed by atoms with Crippen LogP contribution in [0.15, 0.2) is 48.5 Å². The first-order valence-corrected chi connectivity index (χ1v) is 6.10. The van der Waals surface area contributed by atoms with Crippen LogP contribution in [0.2, 0.25) is 0 Å². The number of benzene rings is 2. The predicted molar refractivity (Wildman–Crippen MR) is 71.2 cm³/mol. The number of aromatic carboxylic acids is 1. The summed E-state index contributed by atoms with van der Waals surface area (Å²) in [5.41, 5.74) is 1.15. The second kappa shape index (κ2) is 4.42. The number of carboxylic acids is 1. The van der Waals surface area contributed by atoms with Crippen molar-refractivity contribution >= 4 is 17.5 Å². The van der Waals surface area contributed by atoms with Gasteiger partial charge in [-0.05, 0) is 23.8 Å². The summed E-state index contributed by atoms with van der Waals surface area (Å²) in [4.78, 5) is 35.6. The van der Waals surface area contributed by atoms with Crippen molar-refractivity contribution in [3.05, 3.63) is 70.8 Å². The number of ketones is 2. The normalized spacial score (nSPS) is 17.1. The van der Waals surface area contributed by atoms with Crippen molar-refractivity contribution in [2.24, 2.45) is 0 Å². The molecule has 0 aliphatic heterocycles. The SMILES string of the molecule is O=C(O)c1ccc2c(c1)C(=O)[C@@H](c1ccccc1)C2=O. The van der Waals surface area contributed by atoms with Gasteiger partial charge in [-0.15, -0.1) is 0 Å². The van der Waals surface area contributed by atoms with Gasteiger partial charge in [0.2, 0.25) is 0 Å². The molecular weight excluding hydrogens is 256 g/mol. The minimum atomic E-state index is -1.11. The number of Topliss-reactive ketones (excluding diaryl/α,β-unsaturated/α-hetero) is 2. The van der Waals surface area contributed by atoms with E-state index in [-0.39, 0.29) is 22.7 Å². The third-order valence-electron chi connectivity index (χ3n) is 3.45. The highest BCUT2D eigenvalue weighted by Gasteiger charge is 2.39. The Bertz CT molecular complexity index is 731. The first-order valence-electron chi connectivity index (χ1n) is 6.10. The average molecular weight is 266 g/mol. The number of hydrogen-bond acceptors (Lipinski definition) is 3. The summed E-state index contributed by atoms with van der Waals surface area (Å²) >= 11 is 0. The lowest BCUT2D eigenvalue weighted by Gasteiger charge is -2.06. The van der Waals surface area contributed by atoms with Gasteiger partial charge in [0.15, 0.2) is 11.6 Å². The summed E-state index contributed by atoms with van der Waals surface area (Å²) in [6.07, 6.45) is 0. The van der Waals surface area contributed by atoms with Crippen molar-refractivity contribution in [1.82, 2.24) is 0 Å². The van der Waals surface area contributed by atoms with Crippen LogP contribution in [0.1, 0.15) is 42.6 Å². The quantitative estimate of drug-likeness (QED) is 0.848. The number of carbonyl (C=O) groups is 3. The first-order chi connectivity index (χ1) is 9.59. The van der Waals surface area contributed by atoms with Gasteiger partial charge in [0.05, 0.1) is 5.56 Å². The van der Waals surface area contributed by atoms with Crippen LogP contribution < -0.4 is 0 Å². The van der Waals surface area contributed by atoms with Crippen LogP contribution in [0.5, 0.6) is 0 Å². The average Bonchev–Trinajstić information content (AvgIpc) is 2.71. The summed E-state index contributed by atoms with van der Waals surface area (Å²) < 4.78 is 0. The molecule has 20 heavy (non-hydrogen) atoms. The second-order valence-corrected chi connectivity index (χ2v) is 4.64. The topological polar surface area (TPSA) is 71.4 Å². The van der Waals surface area contributed by atoms with Gasteiger partial charge in [-0.3, -0.25) is 9.59 Å². The Labute approximate surface area is 114 Å². The third kappa shape index (κ3) is 1.73. The summed E-state index contributed by atoms with van der Waals surface area (Å²) in [5, 5.41) is 8.95. The molecule has 0 saturated carbocycles. The molecule has 3 rings (SSSR count). The summed E-state index contributed by atoms with van der Waals surface area (Å²) in [7, 11) is 0. The molecule has 4 heteroatoms. The van der Waals surface area contributed by atoms with Crippen molar-refractivity contribution in [3.8, 4) is 0 Å². The van der Waals surface area contributed by atoms with Crippen LogP contribution in [0, 0.1) is 0 Å². The Balaban J connectivity index is 2.11. The van der Waals surface area contributed by atoms with Gasteiger partial charge in [-0.2, -0.15) is 0 Å². The van der Waals surface area contributed by atoms with Crippen LogP contribution in [0.25, 0.3) is 0 Å². The molecule has 2 aromatic carbocycles. The van der Waals surface area contributed by atoms with Gasteiger partial charge in [0.25, 0.3) is 0 Å². The summed E-state index contributed by atoms with van der Waals surface area (Å²) in [6, 6.07) is 12.8. The molecule has 4 nitrogen and oxygen atoms in total. The molecule has 1 N–H and O–H groups in total. The number of rotatable bonds is 2. The van der Waals surface area contributed by atoms with Crippen LogP contribution in [0.3, 0.4) is 0 Å². The van der Waals surface area contributed by atoms with E-state index in [1.165, 1.54) is 18.2 Å². The van der Waals surface area contributed by atoms with Crippen molar-refractivity contribution in [3.63, 3.8) is 0 Å². The van der Waals surface area contributed by atoms with Crippen molar-refractivity contribution < 1.29 is 19.5 Å². The molecule has 0 amide bonds. The molecule has 1 aliphatic rings. The Kier molecular flexibility index (Phi) is 2.71. The standard InChI is InChI=1S/C16H10O4/c17-14-11-7-6-10(16(19)20)8-12(11)15(18)13(14)9-4-2-1-3-5-9/h1-8,13H,(H,19,20)/t13-/m0/s1. The zero-order chi connectivity index (χ0) is 14.3. The van der Waals surface area contributed by atoms with E-state index < -0.39 is 11.9 Å². The Hall–Kier alpha value is -2.75. The van der Waals surface area contributed by atoms with Crippen LogP contribution in [-0.2, 0) is 0 Å². The fourth-order valence-corrected chi connectivity index (χ4v) is 2.47. The lowest BCUT2D eigenvalue weighted by Crippen LogP contribution is -2.12. The van der Waals surface area contributed by atoms with E-state index >= 15 is 0 Å². The van der Waals surface area contributed by atoms with Crippen molar-refractivity contribution in [2.45, 2.75) is 5.92 Å². The van der Waals surface area contributed by atoms with Gasteiger partial charge in [0.1, 0.15) is 5.92 Å². The fraction of sp³-hybridized carbons (Fsp3) is 0.0625. The van der Waals surface area contributed by atoms with Crippen LogP contribution in [-0.4, -0.2) is 22.6 Å². The van der Waals surface area contributed by atoms with Crippen molar-refractivity contribution in [1.29, 1.82) is 0 Å². The van der Waals surface area contributed by atoms with E-state index in [0.717, 1.165) is 0 Å². The molecule has 1 aliphatic carbocycles. The summed E-state index contributed by atoms with van der Waals surface area (Å²) in [5.74, 6) is -2.57. The monoisotopic (exact) mass is 266 g/mol. The highest BCUT2D eigenvalue weighted by molar-refractivity contribution is 6.30. The molecule has 0 radical (unpaired) electrons. The molecule has 1 atom stereocenters. The minimum Gasteiger partial charge on any atom is -0.478 e. The molecule has 0 heterocycles. The Morgan fingerprint density at radius 2 is 1.55 bits per heavy atom. The van der Waals surface area contributed by atoms with Gasteiger partial charge >= 0.3 is 5.97 Å². The van der Waals surface area contributed by atoms with E-state index in [4.69, 9.17) is 5.11 Å². The van der Waals surface area contributed by atoms with Gasteiger partial charge in [0, 0.05) is 11.1 Å². The zero-order valence-corrected chi connectivity index (χ0v) is 10.4. The number of hydrogen-bond donors (Lipinski definition) is 1. The molecule has 0 fully saturated rings. The van der Waals surface area contributed by atoms with E-state index in [9.17, 15) is 14.4 Å². The van der Waals surface area contributed by atoms with Crippen LogP contribution >= 0.6 is 0 Å². The summed E-state index contributed by atoms with van der Waals surface area (Å²) in [6.45, 7) is 0. The van der Waals surface area contributed by atoms with Gasteiger partial charge in [-0.1, -0.05) is 30.3 Å². The highest BCUT2D eigenvalue weighted by atomic mass is 16.4. The maximum absolute atomic E-state index is 12.4. The lowest BCUT2D eigenvalue weighted by atomic mass is 9.94. The van der Waals surface area contributed by atoms with E-state index in [0.29, 0.717) is 11.1 Å². The molecule has 0 saturated heterocycles. The predicted octanol–water partition coefficient (Wildman–Crippen LogP) is 2.55. The number of carboxylic acid groups (broad SMARTS) is 1. The Morgan fingerprint density at radius 1 is 0.900 bits per heavy atom. The molecule has 2 aromatic rings. The number of carbonyl (C=O) groups excluding carboxylic acids is 2. The Morgan fingerprint density at radius 3 is 2.20 bits per heavy atom. The zero-order valence-electron chi connectivity index (χ0n) is 10.4. The highest BCUT2D eigenvalue weighted by Crippen LogP contribution is 2.34. The molecule has 0 unspecified atom stereocenters. The minimum absolute atomic E-state index is 0.0126.